The van der Waals surface area contributed by atoms with Crippen molar-refractivity contribution in [3.63, 3.8) is 0 Å². The second kappa shape index (κ2) is 11.6. The van der Waals surface area contributed by atoms with Gasteiger partial charge in [0.2, 0.25) is 15.7 Å². The Morgan fingerprint density at radius 3 is 2.15 bits per heavy atom. The van der Waals surface area contributed by atoms with Crippen LogP contribution in [0.4, 0.5) is 14.5 Å². The number of esters is 1. The van der Waals surface area contributed by atoms with E-state index in [4.69, 9.17) is 9.47 Å². The molecular weight excluding hydrogens is 462 g/mol. The summed E-state index contributed by atoms with van der Waals surface area (Å²) < 4.78 is 64.9. The number of alkyl halides is 2. The fourth-order valence-electron chi connectivity index (χ4n) is 2.94. The van der Waals surface area contributed by atoms with Gasteiger partial charge in [-0.15, -0.1) is 0 Å². The maximum Gasteiger partial charge on any atom is 0.341 e. The van der Waals surface area contributed by atoms with Crippen molar-refractivity contribution in [1.82, 2.24) is 4.90 Å². The quantitative estimate of drug-likeness (QED) is 0.482. The van der Waals surface area contributed by atoms with Gasteiger partial charge in [-0.2, -0.15) is 8.78 Å². The van der Waals surface area contributed by atoms with E-state index in [0.29, 0.717) is 17.1 Å². The Kier molecular flexibility index (Phi) is 9.12. The number of sulfone groups is 1. The first-order chi connectivity index (χ1) is 15.6. The molecule has 1 amide bonds. The lowest BCUT2D eigenvalue weighted by Crippen LogP contribution is -2.37. The first-order valence-corrected chi connectivity index (χ1v) is 11.1. The van der Waals surface area contributed by atoms with Crippen LogP contribution in [0.1, 0.15) is 5.56 Å². The molecule has 2 aromatic carbocycles. The van der Waals surface area contributed by atoms with Gasteiger partial charge in [0, 0.05) is 12.6 Å². The summed E-state index contributed by atoms with van der Waals surface area (Å²) in [4.78, 5) is 25.2. The van der Waals surface area contributed by atoms with Gasteiger partial charge < -0.3 is 19.5 Å². The lowest BCUT2D eigenvalue weighted by Gasteiger charge is -2.21. The van der Waals surface area contributed by atoms with Crippen molar-refractivity contribution in [1.29, 1.82) is 0 Å². The SMILES string of the molecule is COC(=O)CN(CC(=O)Nc1ccccc1S(=O)(=O)C(F)F)Cc1cc(OC)cc(OC)c1. The van der Waals surface area contributed by atoms with Crippen molar-refractivity contribution >= 4 is 27.4 Å². The molecule has 33 heavy (non-hydrogen) atoms. The number of anilines is 1. The molecule has 0 aromatic heterocycles. The third-order valence-electron chi connectivity index (χ3n) is 4.47. The molecule has 0 aliphatic heterocycles. The van der Waals surface area contributed by atoms with Crippen LogP contribution in [0.5, 0.6) is 11.5 Å². The summed E-state index contributed by atoms with van der Waals surface area (Å²) in [7, 11) is -0.786. The second-order valence-electron chi connectivity index (χ2n) is 6.79. The molecule has 2 aromatic rings. The fourth-order valence-corrected chi connectivity index (χ4v) is 3.82. The molecule has 0 atom stereocenters. The number of para-hydroxylation sites is 1. The van der Waals surface area contributed by atoms with E-state index in [1.165, 1.54) is 44.4 Å². The summed E-state index contributed by atoms with van der Waals surface area (Å²) in [6.45, 7) is -0.523. The standard InChI is InChI=1S/C21H24F2N2O7S/c1-30-15-8-14(9-16(10-15)31-2)11-25(13-20(27)32-3)12-19(26)24-17-6-4-5-7-18(17)33(28,29)21(22)23/h4-10,21H,11-13H2,1-3H3,(H,24,26). The molecule has 0 aliphatic carbocycles. The molecule has 0 spiro atoms. The monoisotopic (exact) mass is 486 g/mol. The number of hydrogen-bond donors (Lipinski definition) is 1. The van der Waals surface area contributed by atoms with Gasteiger partial charge >= 0.3 is 11.7 Å². The Morgan fingerprint density at radius 2 is 1.61 bits per heavy atom. The third kappa shape index (κ3) is 7.12. The fraction of sp³-hybridized carbons (Fsp3) is 0.333. The summed E-state index contributed by atoms with van der Waals surface area (Å²) in [5, 5.41) is 2.33. The number of rotatable bonds is 11. The number of hydrogen-bond acceptors (Lipinski definition) is 8. The first kappa shape index (κ1) is 26.0. The Morgan fingerprint density at radius 1 is 1.00 bits per heavy atom. The van der Waals surface area contributed by atoms with Crippen LogP contribution in [0, 0.1) is 0 Å². The van der Waals surface area contributed by atoms with Crippen LogP contribution in [-0.2, 0) is 30.7 Å². The highest BCUT2D eigenvalue weighted by Gasteiger charge is 2.29. The van der Waals surface area contributed by atoms with Crippen LogP contribution in [0.3, 0.4) is 0 Å². The van der Waals surface area contributed by atoms with Gasteiger partial charge in [-0.1, -0.05) is 12.1 Å². The minimum atomic E-state index is -4.93. The summed E-state index contributed by atoms with van der Waals surface area (Å²) >= 11 is 0. The molecule has 2 rings (SSSR count). The minimum absolute atomic E-state index is 0.104. The van der Waals surface area contributed by atoms with Crippen LogP contribution in [0.15, 0.2) is 47.4 Å². The third-order valence-corrected chi connectivity index (χ3v) is 5.91. The van der Waals surface area contributed by atoms with Crippen molar-refractivity contribution in [2.24, 2.45) is 0 Å². The van der Waals surface area contributed by atoms with Gasteiger partial charge in [0.1, 0.15) is 11.5 Å². The summed E-state index contributed by atoms with van der Waals surface area (Å²) in [6.07, 6.45) is 0. The van der Waals surface area contributed by atoms with Crippen molar-refractivity contribution in [3.05, 3.63) is 48.0 Å². The molecule has 12 heteroatoms. The Hall–Kier alpha value is -3.25. The maximum absolute atomic E-state index is 13.0. The molecule has 1 N–H and O–H groups in total. The van der Waals surface area contributed by atoms with Crippen molar-refractivity contribution in [2.75, 3.05) is 39.7 Å². The lowest BCUT2D eigenvalue weighted by molar-refractivity contribution is -0.142. The summed E-state index contributed by atoms with van der Waals surface area (Å²) in [6, 6.07) is 9.88. The van der Waals surface area contributed by atoms with E-state index in [2.05, 4.69) is 10.1 Å². The number of ether oxygens (including phenoxy) is 3. The normalized spacial score (nSPS) is 11.4. The minimum Gasteiger partial charge on any atom is -0.497 e. The molecule has 0 aliphatic rings. The summed E-state index contributed by atoms with van der Waals surface area (Å²) in [5.41, 5.74) is 0.368. The molecule has 0 saturated carbocycles. The number of methoxy groups -OCH3 is 3. The molecule has 0 heterocycles. The highest BCUT2D eigenvalue weighted by atomic mass is 32.2. The van der Waals surface area contributed by atoms with E-state index < -0.39 is 32.4 Å². The second-order valence-corrected chi connectivity index (χ2v) is 8.68. The highest BCUT2D eigenvalue weighted by Crippen LogP contribution is 2.26. The van der Waals surface area contributed by atoms with E-state index in [1.807, 2.05) is 0 Å². The molecule has 0 fully saturated rings. The van der Waals surface area contributed by atoms with Crippen molar-refractivity contribution < 1.29 is 41.0 Å². The van der Waals surface area contributed by atoms with E-state index >= 15 is 0 Å². The zero-order valence-electron chi connectivity index (χ0n) is 18.2. The average molecular weight is 486 g/mol. The van der Waals surface area contributed by atoms with Crippen molar-refractivity contribution in [3.8, 4) is 11.5 Å². The number of nitrogens with one attached hydrogen (secondary N) is 1. The molecule has 180 valence electrons. The largest absolute Gasteiger partial charge is 0.497 e. The highest BCUT2D eigenvalue weighted by molar-refractivity contribution is 7.91. The maximum atomic E-state index is 13.0. The number of amides is 1. The molecule has 0 saturated heterocycles. The van der Waals surface area contributed by atoms with E-state index in [1.54, 1.807) is 18.2 Å². The molecule has 0 unspecified atom stereocenters. The smallest absolute Gasteiger partial charge is 0.341 e. The van der Waals surface area contributed by atoms with Gasteiger partial charge in [-0.05, 0) is 29.8 Å². The van der Waals surface area contributed by atoms with Crippen LogP contribution in [0.2, 0.25) is 0 Å². The van der Waals surface area contributed by atoms with Crippen molar-refractivity contribution in [2.45, 2.75) is 17.2 Å². The molecular formula is C21H24F2N2O7S. The molecule has 0 bridgehead atoms. The number of benzene rings is 2. The van der Waals surface area contributed by atoms with E-state index in [-0.39, 0.29) is 25.3 Å². The number of carbonyl (C=O) groups excluding carboxylic acids is 2. The van der Waals surface area contributed by atoms with E-state index in [9.17, 15) is 26.8 Å². The Labute approximate surface area is 190 Å². The zero-order chi connectivity index (χ0) is 24.6. The van der Waals surface area contributed by atoms with Gasteiger partial charge in [0.05, 0.1) is 45.0 Å². The van der Waals surface area contributed by atoms with E-state index in [0.717, 1.165) is 6.07 Å². The Balaban J connectivity index is 2.25. The predicted octanol–water partition coefficient (Wildman–Crippen LogP) is 2.31. The van der Waals surface area contributed by atoms with Crippen LogP contribution >= 0.6 is 0 Å². The predicted molar refractivity (Wildman–Crippen MR) is 115 cm³/mol. The van der Waals surface area contributed by atoms with Gasteiger partial charge in [-0.25, -0.2) is 8.42 Å². The number of nitrogens with zero attached hydrogens (tertiary/aromatic N) is 1. The van der Waals surface area contributed by atoms with Crippen LogP contribution < -0.4 is 14.8 Å². The molecule has 9 nitrogen and oxygen atoms in total. The first-order valence-electron chi connectivity index (χ1n) is 9.52. The average Bonchev–Trinajstić information content (AvgIpc) is 2.78. The number of carbonyl (C=O) groups is 2. The van der Waals surface area contributed by atoms with Gasteiger partial charge in [-0.3, -0.25) is 14.5 Å². The van der Waals surface area contributed by atoms with Crippen LogP contribution in [0.25, 0.3) is 0 Å². The van der Waals surface area contributed by atoms with Gasteiger partial charge in [0.25, 0.3) is 0 Å². The lowest BCUT2D eigenvalue weighted by atomic mass is 10.2. The Bertz CT molecular complexity index is 1070. The summed E-state index contributed by atoms with van der Waals surface area (Å²) in [5.74, 6) is -3.98. The number of halogens is 2. The van der Waals surface area contributed by atoms with Gasteiger partial charge in [0.15, 0.2) is 0 Å². The molecule has 0 radical (unpaired) electrons. The topological polar surface area (TPSA) is 111 Å². The van der Waals surface area contributed by atoms with Crippen LogP contribution in [-0.4, -0.2) is 65.4 Å². The zero-order valence-corrected chi connectivity index (χ0v) is 19.0.